The number of nitrogens with zero attached hydrogens (tertiary/aromatic N) is 3. The van der Waals surface area contributed by atoms with E-state index in [1.807, 2.05) is 30.3 Å². The second kappa shape index (κ2) is 11.0. The Morgan fingerprint density at radius 2 is 1.89 bits per heavy atom. The number of benzene rings is 2. The Morgan fingerprint density at radius 3 is 2.62 bits per heavy atom. The Hall–Kier alpha value is -4.64. The summed E-state index contributed by atoms with van der Waals surface area (Å²) in [5.74, 6) is -0.402. The van der Waals surface area contributed by atoms with Crippen molar-refractivity contribution >= 4 is 16.9 Å². The van der Waals surface area contributed by atoms with Gasteiger partial charge >= 0.3 is 5.97 Å². The van der Waals surface area contributed by atoms with Crippen LogP contribution in [0.1, 0.15) is 47.8 Å². The molecule has 0 bridgehead atoms. The molecule has 0 aliphatic carbocycles. The molecule has 2 heterocycles. The van der Waals surface area contributed by atoms with E-state index in [0.29, 0.717) is 22.5 Å². The smallest absolute Gasteiger partial charge is 0.355 e. The van der Waals surface area contributed by atoms with Crippen LogP contribution in [-0.4, -0.2) is 34.3 Å². The number of esters is 1. The van der Waals surface area contributed by atoms with Gasteiger partial charge in [-0.3, -0.25) is 9.36 Å². The first-order valence-corrected chi connectivity index (χ1v) is 11.9. The number of hydrogen-bond acceptors (Lipinski definition) is 7. The van der Waals surface area contributed by atoms with Crippen molar-refractivity contribution < 1.29 is 19.4 Å². The summed E-state index contributed by atoms with van der Waals surface area (Å²) in [6.45, 7) is 4.00. The second-order valence-electron chi connectivity index (χ2n) is 8.84. The molecule has 0 unspecified atom stereocenters. The number of pyridine rings is 2. The minimum absolute atomic E-state index is 0.0100. The molecule has 0 aliphatic rings. The van der Waals surface area contributed by atoms with Crippen LogP contribution in [0.5, 0.6) is 11.5 Å². The fourth-order valence-electron chi connectivity index (χ4n) is 4.15. The van der Waals surface area contributed by atoms with E-state index in [0.717, 1.165) is 17.0 Å². The molecular formula is C29H27N3O5. The van der Waals surface area contributed by atoms with Crippen molar-refractivity contribution in [2.24, 2.45) is 0 Å². The molecule has 0 fully saturated rings. The molecule has 0 spiro atoms. The van der Waals surface area contributed by atoms with Gasteiger partial charge in [0.2, 0.25) is 0 Å². The van der Waals surface area contributed by atoms with E-state index in [-0.39, 0.29) is 42.5 Å². The zero-order chi connectivity index (χ0) is 26.5. The van der Waals surface area contributed by atoms with E-state index >= 15 is 0 Å². The van der Waals surface area contributed by atoms with Crippen LogP contribution >= 0.6 is 0 Å². The molecule has 2 aromatic heterocycles. The van der Waals surface area contributed by atoms with Crippen molar-refractivity contribution in [1.82, 2.24) is 9.55 Å². The topological polar surface area (TPSA) is 114 Å². The monoisotopic (exact) mass is 497 g/mol. The molecule has 0 atom stereocenters. The highest BCUT2D eigenvalue weighted by Crippen LogP contribution is 2.33. The number of hydrogen-bond donors (Lipinski definition) is 1. The van der Waals surface area contributed by atoms with Crippen molar-refractivity contribution in [3.63, 3.8) is 0 Å². The zero-order valence-electron chi connectivity index (χ0n) is 20.9. The summed E-state index contributed by atoms with van der Waals surface area (Å²) in [5, 5.41) is 20.7. The summed E-state index contributed by atoms with van der Waals surface area (Å²) in [5.41, 5.74) is 2.08. The van der Waals surface area contributed by atoms with Gasteiger partial charge in [-0.25, -0.2) is 9.78 Å². The predicted octanol–water partition coefficient (Wildman–Crippen LogP) is 5.02. The maximum absolute atomic E-state index is 13.3. The van der Waals surface area contributed by atoms with Crippen LogP contribution in [0, 0.1) is 11.3 Å². The maximum Gasteiger partial charge on any atom is 0.355 e. The van der Waals surface area contributed by atoms with Crippen LogP contribution in [0.2, 0.25) is 0 Å². The Morgan fingerprint density at radius 1 is 1.14 bits per heavy atom. The molecule has 0 radical (unpaired) electrons. The average Bonchev–Trinajstić information content (AvgIpc) is 2.89. The third-order valence-corrected chi connectivity index (χ3v) is 6.09. The van der Waals surface area contributed by atoms with Crippen molar-refractivity contribution in [3.8, 4) is 28.8 Å². The van der Waals surface area contributed by atoms with Crippen molar-refractivity contribution in [1.29, 1.82) is 5.26 Å². The molecule has 8 nitrogen and oxygen atoms in total. The molecule has 0 saturated heterocycles. The van der Waals surface area contributed by atoms with Crippen LogP contribution in [0.4, 0.5) is 0 Å². The van der Waals surface area contributed by atoms with Gasteiger partial charge in [-0.1, -0.05) is 50.2 Å². The second-order valence-corrected chi connectivity index (χ2v) is 8.84. The summed E-state index contributed by atoms with van der Waals surface area (Å²) in [4.78, 5) is 31.2. The first-order valence-electron chi connectivity index (χ1n) is 11.9. The standard InChI is InChI=1S/C29H27N3O5/c1-18(2)20-10-9-19-11-12-22(31-23(19)15-20)27-24(33)16-26(34)32(28(27)29(35)37-14-6-13-30)17-21-7-4-5-8-25(21)36-3/h4-5,7-12,15-16,18,33H,6,14,17H2,1-3H3. The first-order chi connectivity index (χ1) is 17.8. The quantitative estimate of drug-likeness (QED) is 0.268. The van der Waals surface area contributed by atoms with E-state index in [4.69, 9.17) is 19.7 Å². The average molecular weight is 498 g/mol. The number of carbonyl (C=O) groups excluding carboxylic acids is 1. The third kappa shape index (κ3) is 5.31. The number of carbonyl (C=O) groups is 1. The van der Waals surface area contributed by atoms with E-state index in [2.05, 4.69) is 13.8 Å². The fourth-order valence-corrected chi connectivity index (χ4v) is 4.15. The number of fused-ring (bicyclic) bond motifs is 1. The summed E-state index contributed by atoms with van der Waals surface area (Å²) in [6.07, 6.45) is -0.0111. The number of para-hydroxylation sites is 1. The molecule has 37 heavy (non-hydrogen) atoms. The van der Waals surface area contributed by atoms with Crippen LogP contribution in [0.25, 0.3) is 22.2 Å². The third-order valence-electron chi connectivity index (χ3n) is 6.09. The summed E-state index contributed by atoms with van der Waals surface area (Å²) in [6, 6.07) is 19.6. The van der Waals surface area contributed by atoms with Gasteiger partial charge < -0.3 is 14.6 Å². The molecule has 8 heteroatoms. The van der Waals surface area contributed by atoms with Crippen molar-refractivity contribution in [2.45, 2.75) is 32.7 Å². The predicted molar refractivity (Wildman–Crippen MR) is 140 cm³/mol. The molecule has 4 rings (SSSR count). The first kappa shape index (κ1) is 25.5. The van der Waals surface area contributed by atoms with Gasteiger partial charge in [-0.05, 0) is 29.7 Å². The van der Waals surface area contributed by atoms with E-state index in [1.54, 1.807) is 30.3 Å². The number of methoxy groups -OCH3 is 1. The lowest BCUT2D eigenvalue weighted by molar-refractivity contribution is 0.0500. The highest BCUT2D eigenvalue weighted by molar-refractivity contribution is 5.97. The van der Waals surface area contributed by atoms with E-state index < -0.39 is 11.5 Å². The maximum atomic E-state index is 13.3. The minimum atomic E-state index is -0.842. The van der Waals surface area contributed by atoms with Gasteiger partial charge in [-0.15, -0.1) is 0 Å². The van der Waals surface area contributed by atoms with Gasteiger partial charge in [0.05, 0.1) is 42.9 Å². The molecule has 0 amide bonds. The summed E-state index contributed by atoms with van der Waals surface area (Å²) < 4.78 is 12.0. The fraction of sp³-hybridized carbons (Fsp3) is 0.241. The zero-order valence-corrected chi connectivity index (χ0v) is 20.9. The molecule has 188 valence electrons. The molecular weight excluding hydrogens is 470 g/mol. The SMILES string of the molecule is COc1ccccc1Cn1c(C(=O)OCCC#N)c(-c2ccc3ccc(C(C)C)cc3n2)c(O)cc1=O. The lowest BCUT2D eigenvalue weighted by Crippen LogP contribution is -2.28. The number of aromatic hydroxyl groups is 1. The van der Waals surface area contributed by atoms with Crippen LogP contribution < -0.4 is 10.3 Å². The lowest BCUT2D eigenvalue weighted by atomic mass is 10.0. The van der Waals surface area contributed by atoms with Crippen LogP contribution in [0.3, 0.4) is 0 Å². The van der Waals surface area contributed by atoms with E-state index in [9.17, 15) is 14.7 Å². The van der Waals surface area contributed by atoms with Crippen molar-refractivity contribution in [3.05, 3.63) is 87.8 Å². The normalized spacial score (nSPS) is 10.9. The highest BCUT2D eigenvalue weighted by Gasteiger charge is 2.26. The Bertz CT molecular complexity index is 1570. The number of ether oxygens (including phenoxy) is 2. The molecule has 4 aromatic rings. The Labute approximate surface area is 214 Å². The van der Waals surface area contributed by atoms with E-state index in [1.165, 1.54) is 11.7 Å². The van der Waals surface area contributed by atoms with Gasteiger partial charge in [0.15, 0.2) is 0 Å². The van der Waals surface area contributed by atoms with Gasteiger partial charge in [0.1, 0.15) is 23.8 Å². The highest BCUT2D eigenvalue weighted by atomic mass is 16.5. The van der Waals surface area contributed by atoms with Crippen LogP contribution in [0.15, 0.2) is 65.5 Å². The lowest BCUT2D eigenvalue weighted by Gasteiger charge is -2.18. The summed E-state index contributed by atoms with van der Waals surface area (Å²) in [7, 11) is 1.52. The van der Waals surface area contributed by atoms with Gasteiger partial charge in [0.25, 0.3) is 5.56 Å². The van der Waals surface area contributed by atoms with Gasteiger partial charge in [-0.2, -0.15) is 5.26 Å². The molecule has 2 aromatic carbocycles. The number of nitriles is 1. The summed E-state index contributed by atoms with van der Waals surface area (Å²) >= 11 is 0. The minimum Gasteiger partial charge on any atom is -0.507 e. The van der Waals surface area contributed by atoms with Crippen molar-refractivity contribution in [2.75, 3.05) is 13.7 Å². The molecule has 1 N–H and O–H groups in total. The number of rotatable bonds is 8. The number of aromatic nitrogens is 2. The largest absolute Gasteiger partial charge is 0.507 e. The van der Waals surface area contributed by atoms with Gasteiger partial charge in [0, 0.05) is 17.0 Å². The van der Waals surface area contributed by atoms with Crippen LogP contribution in [-0.2, 0) is 11.3 Å². The molecule has 0 saturated carbocycles. The Balaban J connectivity index is 1.94. The molecule has 0 aliphatic heterocycles. The Kier molecular flexibility index (Phi) is 7.54.